The van der Waals surface area contributed by atoms with Crippen LogP contribution < -0.4 is 4.74 Å². The molecule has 0 bridgehead atoms. The van der Waals surface area contributed by atoms with Crippen LogP contribution in [0.4, 0.5) is 0 Å². The summed E-state index contributed by atoms with van der Waals surface area (Å²) in [5.74, 6) is 1.38. The zero-order valence-corrected chi connectivity index (χ0v) is 20.4. The summed E-state index contributed by atoms with van der Waals surface area (Å²) >= 11 is 24.4. The standard InChI is InChI=1S/C12H3Br7O/c13-4-1-6(15)9(3-5(4)14)20-12-10(18)7(16)2-8(17)11(12)19/h1-3H. The van der Waals surface area contributed by atoms with E-state index in [1.165, 1.54) is 0 Å². The van der Waals surface area contributed by atoms with Crippen molar-refractivity contribution in [3.63, 3.8) is 0 Å². The van der Waals surface area contributed by atoms with Gasteiger partial charge in [-0.3, -0.25) is 0 Å². The molecule has 0 atom stereocenters. The highest BCUT2D eigenvalue weighted by Gasteiger charge is 2.16. The lowest BCUT2D eigenvalue weighted by Gasteiger charge is -2.14. The van der Waals surface area contributed by atoms with E-state index in [0.717, 1.165) is 31.3 Å². The molecule has 20 heavy (non-hydrogen) atoms. The van der Waals surface area contributed by atoms with Crippen molar-refractivity contribution in [2.24, 2.45) is 0 Å². The summed E-state index contributed by atoms with van der Waals surface area (Å²) in [7, 11) is 0. The molecule has 0 amide bonds. The van der Waals surface area contributed by atoms with E-state index in [1.54, 1.807) is 0 Å². The molecule has 0 aliphatic carbocycles. The van der Waals surface area contributed by atoms with E-state index in [1.807, 2.05) is 18.2 Å². The Morgan fingerprint density at radius 3 is 1.55 bits per heavy atom. The van der Waals surface area contributed by atoms with Crippen molar-refractivity contribution in [3.05, 3.63) is 49.5 Å². The predicted octanol–water partition coefficient (Wildman–Crippen LogP) is 8.82. The van der Waals surface area contributed by atoms with Crippen molar-refractivity contribution in [1.82, 2.24) is 0 Å². The minimum absolute atomic E-state index is 0.682. The van der Waals surface area contributed by atoms with Gasteiger partial charge in [-0.1, -0.05) is 0 Å². The second kappa shape index (κ2) is 7.45. The molecule has 2 aromatic rings. The first-order valence-corrected chi connectivity index (χ1v) is 10.5. The Morgan fingerprint density at radius 2 is 1.00 bits per heavy atom. The molecule has 0 aliphatic heterocycles. The molecule has 0 saturated carbocycles. The molecule has 0 aromatic heterocycles. The highest BCUT2D eigenvalue weighted by atomic mass is 79.9. The fraction of sp³-hybridized carbons (Fsp3) is 0. The van der Waals surface area contributed by atoms with Gasteiger partial charge in [0.25, 0.3) is 0 Å². The number of halogens is 7. The Hall–Kier alpha value is 1.60. The van der Waals surface area contributed by atoms with Crippen LogP contribution in [0.5, 0.6) is 11.5 Å². The van der Waals surface area contributed by atoms with E-state index >= 15 is 0 Å². The van der Waals surface area contributed by atoms with Gasteiger partial charge < -0.3 is 4.74 Å². The smallest absolute Gasteiger partial charge is 0.158 e. The first-order chi connectivity index (χ1) is 9.31. The largest absolute Gasteiger partial charge is 0.454 e. The Morgan fingerprint density at radius 1 is 0.550 bits per heavy atom. The molecular weight excluding hydrogens is 719 g/mol. The van der Waals surface area contributed by atoms with Crippen LogP contribution in [0.25, 0.3) is 0 Å². The number of rotatable bonds is 2. The minimum Gasteiger partial charge on any atom is -0.454 e. The molecule has 2 rings (SSSR count). The van der Waals surface area contributed by atoms with Crippen LogP contribution in [0.3, 0.4) is 0 Å². The summed E-state index contributed by atoms with van der Waals surface area (Å²) < 4.78 is 12.2. The summed E-state index contributed by atoms with van der Waals surface area (Å²) in [5.41, 5.74) is 0. The molecule has 2 aromatic carbocycles. The van der Waals surface area contributed by atoms with Crippen LogP contribution in [0.15, 0.2) is 49.5 Å². The average molecular weight is 722 g/mol. The van der Waals surface area contributed by atoms with Crippen LogP contribution in [-0.2, 0) is 0 Å². The van der Waals surface area contributed by atoms with E-state index in [2.05, 4.69) is 112 Å². The van der Waals surface area contributed by atoms with Gasteiger partial charge in [0.05, 0.1) is 13.4 Å². The van der Waals surface area contributed by atoms with Crippen LogP contribution >= 0.6 is 112 Å². The first-order valence-electron chi connectivity index (χ1n) is 4.96. The third-order valence-corrected chi connectivity index (χ3v) is 8.61. The van der Waals surface area contributed by atoms with Gasteiger partial charge in [-0.2, -0.15) is 0 Å². The number of hydrogen-bond donors (Lipinski definition) is 0. The lowest BCUT2D eigenvalue weighted by molar-refractivity contribution is 0.472. The lowest BCUT2D eigenvalue weighted by atomic mass is 10.3. The van der Waals surface area contributed by atoms with Crippen LogP contribution in [0, 0.1) is 0 Å². The van der Waals surface area contributed by atoms with Gasteiger partial charge in [0, 0.05) is 17.9 Å². The Kier molecular flexibility index (Phi) is 6.68. The van der Waals surface area contributed by atoms with Gasteiger partial charge in [-0.15, -0.1) is 0 Å². The highest BCUT2D eigenvalue weighted by Crippen LogP contribution is 2.47. The number of ether oxygens (including phenoxy) is 1. The average Bonchev–Trinajstić information content (AvgIpc) is 2.38. The van der Waals surface area contributed by atoms with E-state index in [4.69, 9.17) is 4.74 Å². The molecular formula is C12H3Br7O. The molecule has 0 unspecified atom stereocenters. The monoisotopic (exact) mass is 715 g/mol. The number of hydrogen-bond acceptors (Lipinski definition) is 1. The Bertz CT molecular complexity index is 658. The minimum atomic E-state index is 0.682. The maximum absolute atomic E-state index is 6.02. The van der Waals surface area contributed by atoms with Crippen molar-refractivity contribution >= 4 is 112 Å². The molecule has 0 spiro atoms. The summed E-state index contributed by atoms with van der Waals surface area (Å²) in [4.78, 5) is 0. The third-order valence-electron chi connectivity index (χ3n) is 2.26. The third kappa shape index (κ3) is 3.92. The van der Waals surface area contributed by atoms with Crippen molar-refractivity contribution in [2.45, 2.75) is 0 Å². The Labute approximate surface area is 175 Å². The molecule has 8 heteroatoms. The van der Waals surface area contributed by atoms with Gasteiger partial charge in [0.15, 0.2) is 5.75 Å². The highest BCUT2D eigenvalue weighted by molar-refractivity contribution is 9.14. The maximum Gasteiger partial charge on any atom is 0.158 e. The van der Waals surface area contributed by atoms with Gasteiger partial charge in [-0.25, -0.2) is 0 Å². The fourth-order valence-electron chi connectivity index (χ4n) is 1.33. The van der Waals surface area contributed by atoms with Gasteiger partial charge in [-0.05, 0) is 130 Å². The van der Waals surface area contributed by atoms with Crippen LogP contribution in [0.2, 0.25) is 0 Å². The van der Waals surface area contributed by atoms with E-state index < -0.39 is 0 Å². The van der Waals surface area contributed by atoms with Gasteiger partial charge >= 0.3 is 0 Å². The van der Waals surface area contributed by atoms with Crippen molar-refractivity contribution in [3.8, 4) is 11.5 Å². The molecule has 0 aliphatic rings. The van der Waals surface area contributed by atoms with Gasteiger partial charge in [0.1, 0.15) is 5.75 Å². The number of benzene rings is 2. The second-order valence-electron chi connectivity index (χ2n) is 3.60. The fourth-order valence-corrected chi connectivity index (χ4v) is 4.91. The summed E-state index contributed by atoms with van der Waals surface area (Å²) in [6.45, 7) is 0. The molecule has 0 fully saturated rings. The maximum atomic E-state index is 6.02. The molecule has 0 N–H and O–H groups in total. The summed E-state index contributed by atoms with van der Waals surface area (Å²) in [6.07, 6.45) is 0. The van der Waals surface area contributed by atoms with Crippen LogP contribution in [0.1, 0.15) is 0 Å². The van der Waals surface area contributed by atoms with Crippen LogP contribution in [-0.4, -0.2) is 0 Å². The topological polar surface area (TPSA) is 9.23 Å². The predicted molar refractivity (Wildman–Crippen MR) is 107 cm³/mol. The van der Waals surface area contributed by atoms with Gasteiger partial charge in [0.2, 0.25) is 0 Å². The molecule has 106 valence electrons. The zero-order chi connectivity index (χ0) is 15.0. The molecule has 0 heterocycles. The van der Waals surface area contributed by atoms with Crippen molar-refractivity contribution < 1.29 is 4.74 Å². The van der Waals surface area contributed by atoms with Crippen molar-refractivity contribution in [2.75, 3.05) is 0 Å². The summed E-state index contributed by atoms with van der Waals surface area (Å²) in [6, 6.07) is 5.75. The molecule has 0 saturated heterocycles. The molecule has 1 nitrogen and oxygen atoms in total. The normalized spacial score (nSPS) is 10.8. The SMILES string of the molecule is Brc1cc(Br)c(Oc2c(Br)c(Br)cc(Br)c2Br)cc1Br. The first kappa shape index (κ1) is 17.9. The van der Waals surface area contributed by atoms with E-state index in [9.17, 15) is 0 Å². The lowest BCUT2D eigenvalue weighted by Crippen LogP contribution is -1.91. The van der Waals surface area contributed by atoms with E-state index in [0.29, 0.717) is 11.5 Å². The molecule has 0 radical (unpaired) electrons. The quantitative estimate of drug-likeness (QED) is 0.282. The zero-order valence-electron chi connectivity index (χ0n) is 9.29. The Balaban J connectivity index is 2.53. The van der Waals surface area contributed by atoms with Crippen molar-refractivity contribution in [1.29, 1.82) is 0 Å². The second-order valence-corrected chi connectivity index (χ2v) is 9.45. The van der Waals surface area contributed by atoms with E-state index in [-0.39, 0.29) is 0 Å². The summed E-state index contributed by atoms with van der Waals surface area (Å²) in [5, 5.41) is 0.